The van der Waals surface area contributed by atoms with Crippen LogP contribution < -0.4 is 10.6 Å². The highest BCUT2D eigenvalue weighted by Crippen LogP contribution is 2.10. The first-order valence-corrected chi connectivity index (χ1v) is 9.81. The molecule has 144 valence electrons. The summed E-state index contributed by atoms with van der Waals surface area (Å²) in [5.41, 5.74) is 0.574. The number of hydrogen-bond acceptors (Lipinski definition) is 4. The van der Waals surface area contributed by atoms with Crippen LogP contribution in [0.2, 0.25) is 0 Å². The number of amides is 3. The molecular formula is C19H23FN4O2S. The van der Waals surface area contributed by atoms with E-state index >= 15 is 0 Å². The molecule has 6 nitrogen and oxygen atoms in total. The van der Waals surface area contributed by atoms with Gasteiger partial charge in [-0.1, -0.05) is 6.07 Å². The van der Waals surface area contributed by atoms with Gasteiger partial charge in [-0.3, -0.25) is 9.69 Å². The topological polar surface area (TPSA) is 64.7 Å². The quantitative estimate of drug-likeness (QED) is 0.796. The third kappa shape index (κ3) is 6.04. The molecule has 0 atom stereocenters. The van der Waals surface area contributed by atoms with Crippen molar-refractivity contribution in [1.29, 1.82) is 0 Å². The summed E-state index contributed by atoms with van der Waals surface area (Å²) in [6.07, 6.45) is 0.840. The van der Waals surface area contributed by atoms with Gasteiger partial charge in [-0.05, 0) is 42.1 Å². The number of thiophene rings is 1. The Kier molecular flexibility index (Phi) is 6.78. The van der Waals surface area contributed by atoms with Crippen molar-refractivity contribution < 1.29 is 14.0 Å². The number of nitrogens with one attached hydrogen (secondary N) is 2. The van der Waals surface area contributed by atoms with Gasteiger partial charge < -0.3 is 15.5 Å². The van der Waals surface area contributed by atoms with Crippen molar-refractivity contribution in [2.24, 2.45) is 0 Å². The molecule has 1 fully saturated rings. The van der Waals surface area contributed by atoms with Crippen molar-refractivity contribution >= 4 is 29.0 Å². The summed E-state index contributed by atoms with van der Waals surface area (Å²) < 4.78 is 12.9. The van der Waals surface area contributed by atoms with Gasteiger partial charge in [0.05, 0.1) is 6.54 Å². The maximum Gasteiger partial charge on any atom is 0.317 e. The smallest absolute Gasteiger partial charge is 0.317 e. The van der Waals surface area contributed by atoms with Crippen molar-refractivity contribution in [3.05, 3.63) is 52.5 Å². The van der Waals surface area contributed by atoms with E-state index in [0.29, 0.717) is 38.4 Å². The van der Waals surface area contributed by atoms with Crippen LogP contribution in [0.4, 0.5) is 14.9 Å². The maximum atomic E-state index is 12.9. The molecule has 1 aliphatic rings. The minimum absolute atomic E-state index is 0.0537. The summed E-state index contributed by atoms with van der Waals surface area (Å²) in [6.45, 7) is 3.36. The molecule has 2 aromatic rings. The van der Waals surface area contributed by atoms with Crippen LogP contribution in [0.3, 0.4) is 0 Å². The van der Waals surface area contributed by atoms with Gasteiger partial charge in [-0.25, -0.2) is 9.18 Å². The van der Waals surface area contributed by atoms with Gasteiger partial charge in [0.1, 0.15) is 5.82 Å². The largest absolute Gasteiger partial charge is 0.338 e. The number of carbonyl (C=O) groups is 2. The number of carbonyl (C=O) groups excluding carboxylic acids is 2. The third-order valence-electron chi connectivity index (χ3n) is 4.38. The van der Waals surface area contributed by atoms with E-state index in [-0.39, 0.29) is 24.3 Å². The summed E-state index contributed by atoms with van der Waals surface area (Å²) in [4.78, 5) is 29.4. The van der Waals surface area contributed by atoms with Crippen molar-refractivity contribution in [3.63, 3.8) is 0 Å². The predicted octanol–water partition coefficient (Wildman–Crippen LogP) is 2.40. The lowest BCUT2D eigenvalue weighted by Crippen LogP contribution is -2.53. The lowest BCUT2D eigenvalue weighted by Gasteiger charge is -2.34. The molecule has 8 heteroatoms. The van der Waals surface area contributed by atoms with Crippen LogP contribution in [0, 0.1) is 5.82 Å². The van der Waals surface area contributed by atoms with E-state index in [0.717, 1.165) is 6.42 Å². The molecule has 27 heavy (non-hydrogen) atoms. The lowest BCUT2D eigenvalue weighted by molar-refractivity contribution is -0.117. The number of urea groups is 1. The number of rotatable bonds is 6. The van der Waals surface area contributed by atoms with Crippen molar-refractivity contribution in [1.82, 2.24) is 15.1 Å². The zero-order valence-corrected chi connectivity index (χ0v) is 15.8. The van der Waals surface area contributed by atoms with Crippen LogP contribution in [0.1, 0.15) is 4.88 Å². The van der Waals surface area contributed by atoms with Crippen LogP contribution in [-0.4, -0.2) is 61.0 Å². The molecule has 1 saturated heterocycles. The Morgan fingerprint density at radius 3 is 2.48 bits per heavy atom. The van der Waals surface area contributed by atoms with E-state index in [9.17, 15) is 14.0 Å². The third-order valence-corrected chi connectivity index (χ3v) is 5.32. The average molecular weight is 390 g/mol. The van der Waals surface area contributed by atoms with Gasteiger partial charge in [0.2, 0.25) is 5.91 Å². The summed E-state index contributed by atoms with van der Waals surface area (Å²) in [6, 6.07) is 9.70. The Morgan fingerprint density at radius 1 is 1.07 bits per heavy atom. The molecule has 1 aromatic carbocycles. The van der Waals surface area contributed by atoms with E-state index < -0.39 is 0 Å². The Morgan fingerprint density at radius 2 is 1.81 bits per heavy atom. The van der Waals surface area contributed by atoms with E-state index in [1.54, 1.807) is 16.2 Å². The first kappa shape index (κ1) is 19.3. The molecule has 1 aromatic heterocycles. The second kappa shape index (κ2) is 9.48. The predicted molar refractivity (Wildman–Crippen MR) is 104 cm³/mol. The normalized spacial score (nSPS) is 14.8. The molecule has 2 heterocycles. The average Bonchev–Trinajstić information content (AvgIpc) is 3.17. The Bertz CT molecular complexity index is 744. The van der Waals surface area contributed by atoms with Gasteiger partial charge >= 0.3 is 6.03 Å². The van der Waals surface area contributed by atoms with Crippen LogP contribution in [0.25, 0.3) is 0 Å². The molecule has 2 N–H and O–H groups in total. The van der Waals surface area contributed by atoms with Gasteiger partial charge in [0.15, 0.2) is 0 Å². The molecule has 1 aliphatic heterocycles. The van der Waals surface area contributed by atoms with Crippen molar-refractivity contribution in [2.75, 3.05) is 44.6 Å². The number of piperazine rings is 1. The van der Waals surface area contributed by atoms with Crippen LogP contribution >= 0.6 is 11.3 Å². The highest BCUT2D eigenvalue weighted by Gasteiger charge is 2.22. The minimum atomic E-state index is -0.335. The zero-order valence-electron chi connectivity index (χ0n) is 15.0. The Balaban J connectivity index is 1.34. The number of nitrogens with zero attached hydrogens (tertiary/aromatic N) is 2. The SMILES string of the molecule is O=C(CN1CCN(C(=O)NCCc2cccs2)CC1)Nc1ccc(F)cc1. The van der Waals surface area contributed by atoms with Gasteiger partial charge in [0.25, 0.3) is 0 Å². The van der Waals surface area contributed by atoms with Crippen LogP contribution in [0.5, 0.6) is 0 Å². The van der Waals surface area contributed by atoms with Gasteiger partial charge in [-0.15, -0.1) is 11.3 Å². The molecule has 0 saturated carbocycles. The van der Waals surface area contributed by atoms with Crippen LogP contribution in [0.15, 0.2) is 41.8 Å². The second-order valence-corrected chi connectivity index (χ2v) is 7.41. The molecule has 3 rings (SSSR count). The second-order valence-electron chi connectivity index (χ2n) is 6.38. The summed E-state index contributed by atoms with van der Waals surface area (Å²) in [5, 5.41) is 7.73. The molecular weight excluding hydrogens is 367 g/mol. The van der Waals surface area contributed by atoms with E-state index in [4.69, 9.17) is 0 Å². The Hall–Kier alpha value is -2.45. The van der Waals surface area contributed by atoms with Crippen molar-refractivity contribution in [3.8, 4) is 0 Å². The Labute approximate surface area is 162 Å². The molecule has 0 bridgehead atoms. The summed E-state index contributed by atoms with van der Waals surface area (Å²) in [5.74, 6) is -0.478. The highest BCUT2D eigenvalue weighted by molar-refractivity contribution is 7.09. The van der Waals surface area contributed by atoms with Crippen LogP contribution in [-0.2, 0) is 11.2 Å². The fourth-order valence-electron chi connectivity index (χ4n) is 2.91. The standard InChI is InChI=1S/C19H23FN4O2S/c20-15-3-5-16(6-4-15)22-18(25)14-23-9-11-24(12-10-23)19(26)21-8-7-17-2-1-13-27-17/h1-6,13H,7-12,14H2,(H,21,26)(H,22,25). The number of benzene rings is 1. The summed E-state index contributed by atoms with van der Waals surface area (Å²) >= 11 is 1.69. The molecule has 0 spiro atoms. The van der Waals surface area contributed by atoms with Gasteiger partial charge in [-0.2, -0.15) is 0 Å². The minimum Gasteiger partial charge on any atom is -0.338 e. The maximum absolute atomic E-state index is 12.9. The molecule has 3 amide bonds. The lowest BCUT2D eigenvalue weighted by atomic mass is 10.3. The first-order valence-electron chi connectivity index (χ1n) is 8.93. The van der Waals surface area contributed by atoms with Crippen molar-refractivity contribution in [2.45, 2.75) is 6.42 Å². The van der Waals surface area contributed by atoms with Gasteiger partial charge in [0, 0.05) is 43.3 Å². The molecule has 0 unspecified atom stereocenters. The fraction of sp³-hybridized carbons (Fsp3) is 0.368. The van der Waals surface area contributed by atoms with E-state index in [2.05, 4.69) is 16.7 Å². The van der Waals surface area contributed by atoms with E-state index in [1.807, 2.05) is 16.3 Å². The highest BCUT2D eigenvalue weighted by atomic mass is 32.1. The fourth-order valence-corrected chi connectivity index (χ4v) is 3.61. The number of hydrogen-bond donors (Lipinski definition) is 2. The molecule has 0 radical (unpaired) electrons. The first-order chi connectivity index (χ1) is 13.1. The monoisotopic (exact) mass is 390 g/mol. The number of halogens is 1. The van der Waals surface area contributed by atoms with E-state index in [1.165, 1.54) is 29.1 Å². The zero-order chi connectivity index (χ0) is 19.1. The molecule has 0 aliphatic carbocycles. The summed E-state index contributed by atoms with van der Waals surface area (Å²) in [7, 11) is 0. The number of anilines is 1.